The number of hydrogen-bond donors (Lipinski definition) is 2. The van der Waals surface area contributed by atoms with E-state index in [4.69, 9.17) is 16.2 Å². The molecule has 0 radical (unpaired) electrons. The van der Waals surface area contributed by atoms with Crippen molar-refractivity contribution in [1.29, 1.82) is 0 Å². The van der Waals surface area contributed by atoms with Gasteiger partial charge >= 0.3 is 5.97 Å². The van der Waals surface area contributed by atoms with Crippen molar-refractivity contribution in [3.05, 3.63) is 76.5 Å². The van der Waals surface area contributed by atoms with E-state index >= 15 is 0 Å². The first-order valence-corrected chi connectivity index (χ1v) is 9.51. The van der Waals surface area contributed by atoms with Gasteiger partial charge in [0.1, 0.15) is 11.6 Å². The summed E-state index contributed by atoms with van der Waals surface area (Å²) in [7, 11) is 0. The first kappa shape index (κ1) is 18.7. The zero-order valence-corrected chi connectivity index (χ0v) is 15.6. The van der Waals surface area contributed by atoms with E-state index in [1.165, 1.54) is 0 Å². The molecule has 0 aliphatic carbocycles. The number of ether oxygens (including phenoxy) is 1. The van der Waals surface area contributed by atoms with Crippen LogP contribution in [0.5, 0.6) is 5.75 Å². The molecule has 0 amide bonds. The highest BCUT2D eigenvalue weighted by Gasteiger charge is 2.06. The monoisotopic (exact) mass is 379 g/mol. The van der Waals surface area contributed by atoms with Gasteiger partial charge in [-0.2, -0.15) is 0 Å². The second-order valence-corrected chi connectivity index (χ2v) is 6.99. The zero-order valence-electron chi connectivity index (χ0n) is 14.8. The van der Waals surface area contributed by atoms with E-state index < -0.39 is 0 Å². The van der Waals surface area contributed by atoms with Crippen LogP contribution in [0.25, 0.3) is 0 Å². The molecule has 3 aromatic rings. The molecule has 0 saturated heterocycles. The number of nitrogens with two attached hydrogens (primary N) is 2. The molecule has 138 valence electrons. The van der Waals surface area contributed by atoms with Crippen LogP contribution >= 0.6 is 11.3 Å². The maximum atomic E-state index is 11.9. The Labute approximate surface area is 162 Å². The highest BCUT2D eigenvalue weighted by molar-refractivity contribution is 7.12. The lowest BCUT2D eigenvalue weighted by molar-refractivity contribution is -0.134. The summed E-state index contributed by atoms with van der Waals surface area (Å²) >= 11 is 1.56. The molecule has 0 spiro atoms. The average molecular weight is 379 g/mol. The maximum Gasteiger partial charge on any atom is 0.311 e. The number of esters is 1. The molecule has 3 rings (SSSR count). The molecule has 0 atom stereocenters. The number of thiophene rings is 1. The highest BCUT2D eigenvalue weighted by atomic mass is 32.1. The Morgan fingerprint density at radius 3 is 2.59 bits per heavy atom. The van der Waals surface area contributed by atoms with E-state index in [1.807, 2.05) is 41.8 Å². The molecule has 5 nitrogen and oxygen atoms in total. The third kappa shape index (κ3) is 5.69. The quantitative estimate of drug-likeness (QED) is 0.211. The van der Waals surface area contributed by atoms with Crippen molar-refractivity contribution in [3.63, 3.8) is 0 Å². The minimum Gasteiger partial charge on any atom is -0.426 e. The molecule has 4 N–H and O–H groups in total. The first-order chi connectivity index (χ1) is 13.1. The summed E-state index contributed by atoms with van der Waals surface area (Å²) in [5.41, 5.74) is 14.2. The number of anilines is 1. The van der Waals surface area contributed by atoms with Crippen molar-refractivity contribution in [2.75, 3.05) is 5.73 Å². The van der Waals surface area contributed by atoms with Gasteiger partial charge in [0.15, 0.2) is 0 Å². The number of carbonyl (C=O) groups excluding carboxylic acids is 1. The first-order valence-electron chi connectivity index (χ1n) is 8.63. The zero-order chi connectivity index (χ0) is 19.1. The Morgan fingerprint density at radius 1 is 1.07 bits per heavy atom. The fraction of sp³-hybridized carbons (Fsp3) is 0.143. The molecule has 1 aromatic heterocycles. The minimum atomic E-state index is -0.259. The Hall–Kier alpha value is -3.12. The van der Waals surface area contributed by atoms with Crippen LogP contribution in [-0.4, -0.2) is 11.8 Å². The van der Waals surface area contributed by atoms with Crippen LogP contribution in [0.2, 0.25) is 0 Å². The van der Waals surface area contributed by atoms with Gasteiger partial charge < -0.3 is 16.2 Å². The molecule has 0 aliphatic heterocycles. The van der Waals surface area contributed by atoms with Gasteiger partial charge in [-0.1, -0.05) is 24.3 Å². The SMILES string of the molecule is NC(=Nc1ccc(CCCC(=O)Oc2cccc(N)c2)cc1)c1cccs1. The number of carbonyl (C=O) groups is 1. The molecular formula is C21H21N3O2S. The minimum absolute atomic E-state index is 0.259. The second-order valence-electron chi connectivity index (χ2n) is 6.04. The lowest BCUT2D eigenvalue weighted by atomic mass is 10.1. The topological polar surface area (TPSA) is 90.7 Å². The number of nitrogen functional groups attached to an aromatic ring is 1. The van der Waals surface area contributed by atoms with Gasteiger partial charge in [0, 0.05) is 18.2 Å². The third-order valence-corrected chi connectivity index (χ3v) is 4.79. The summed E-state index contributed by atoms with van der Waals surface area (Å²) in [6.45, 7) is 0. The molecule has 0 saturated carbocycles. The smallest absolute Gasteiger partial charge is 0.311 e. The van der Waals surface area contributed by atoms with Crippen LogP contribution in [0.1, 0.15) is 23.3 Å². The lowest BCUT2D eigenvalue weighted by Gasteiger charge is -2.05. The van der Waals surface area contributed by atoms with Gasteiger partial charge in [-0.15, -0.1) is 11.3 Å². The number of aliphatic imine (C=N–C) groups is 1. The number of amidine groups is 1. The summed E-state index contributed by atoms with van der Waals surface area (Å²) in [6, 6.07) is 18.6. The summed E-state index contributed by atoms with van der Waals surface area (Å²) in [5, 5.41) is 1.97. The summed E-state index contributed by atoms with van der Waals surface area (Å²) in [6.07, 6.45) is 1.84. The second kappa shape index (κ2) is 9.00. The van der Waals surface area contributed by atoms with Gasteiger partial charge in [-0.25, -0.2) is 4.99 Å². The van der Waals surface area contributed by atoms with Crippen molar-refractivity contribution in [3.8, 4) is 5.75 Å². The van der Waals surface area contributed by atoms with E-state index in [2.05, 4.69) is 4.99 Å². The van der Waals surface area contributed by atoms with Crippen LogP contribution in [0.4, 0.5) is 11.4 Å². The van der Waals surface area contributed by atoms with Crippen molar-refractivity contribution in [1.82, 2.24) is 0 Å². The van der Waals surface area contributed by atoms with Gasteiger partial charge in [0.05, 0.1) is 10.6 Å². The van der Waals surface area contributed by atoms with Crippen molar-refractivity contribution in [2.24, 2.45) is 10.7 Å². The Balaban J connectivity index is 1.47. The number of benzene rings is 2. The Kier molecular flexibility index (Phi) is 6.22. The summed E-state index contributed by atoms with van der Waals surface area (Å²) in [5.74, 6) is 0.734. The Morgan fingerprint density at radius 2 is 1.89 bits per heavy atom. The molecule has 0 bridgehead atoms. The van der Waals surface area contributed by atoms with Crippen LogP contribution < -0.4 is 16.2 Å². The summed E-state index contributed by atoms with van der Waals surface area (Å²) < 4.78 is 5.28. The molecular weight excluding hydrogens is 358 g/mol. The predicted octanol–water partition coefficient (Wildman–Crippen LogP) is 4.30. The van der Waals surface area contributed by atoms with Crippen molar-refractivity contribution in [2.45, 2.75) is 19.3 Å². The number of aryl methyl sites for hydroxylation is 1. The van der Waals surface area contributed by atoms with E-state index in [-0.39, 0.29) is 5.97 Å². The number of nitrogens with zero attached hydrogens (tertiary/aromatic N) is 1. The molecule has 1 heterocycles. The molecule has 0 aliphatic rings. The van der Waals surface area contributed by atoms with Gasteiger partial charge in [-0.05, 0) is 54.1 Å². The molecule has 0 unspecified atom stereocenters. The van der Waals surface area contributed by atoms with E-state index in [0.717, 1.165) is 22.5 Å². The van der Waals surface area contributed by atoms with Crippen LogP contribution in [-0.2, 0) is 11.2 Å². The molecule has 6 heteroatoms. The van der Waals surface area contributed by atoms with Crippen molar-refractivity contribution < 1.29 is 9.53 Å². The molecule has 2 aromatic carbocycles. The highest BCUT2D eigenvalue weighted by Crippen LogP contribution is 2.18. The van der Waals surface area contributed by atoms with Gasteiger partial charge in [0.2, 0.25) is 0 Å². The maximum absolute atomic E-state index is 11.9. The summed E-state index contributed by atoms with van der Waals surface area (Å²) in [4.78, 5) is 17.3. The van der Waals surface area contributed by atoms with Crippen LogP contribution in [0.15, 0.2) is 71.0 Å². The normalized spacial score (nSPS) is 11.3. The van der Waals surface area contributed by atoms with Crippen molar-refractivity contribution >= 4 is 34.5 Å². The lowest BCUT2D eigenvalue weighted by Crippen LogP contribution is -2.10. The number of hydrogen-bond acceptors (Lipinski definition) is 5. The van der Waals surface area contributed by atoms with Crippen LogP contribution in [0.3, 0.4) is 0 Å². The molecule has 27 heavy (non-hydrogen) atoms. The van der Waals surface area contributed by atoms with Gasteiger partial charge in [-0.3, -0.25) is 4.79 Å². The standard InChI is InChI=1S/C21H21N3O2S/c22-16-5-2-6-18(14-16)26-20(25)8-1-4-15-9-11-17(12-10-15)24-21(23)19-7-3-13-27-19/h2-3,5-7,9-14H,1,4,8,22H2,(H2,23,24). The fourth-order valence-corrected chi connectivity index (χ4v) is 3.18. The van der Waals surface area contributed by atoms with Crippen LogP contribution in [0, 0.1) is 0 Å². The van der Waals surface area contributed by atoms with Gasteiger partial charge in [0.25, 0.3) is 0 Å². The van der Waals surface area contributed by atoms with E-state index in [1.54, 1.807) is 35.6 Å². The largest absolute Gasteiger partial charge is 0.426 e. The Bertz CT molecular complexity index is 919. The van der Waals surface area contributed by atoms with E-state index in [9.17, 15) is 4.79 Å². The predicted molar refractivity (Wildman–Crippen MR) is 111 cm³/mol. The van der Waals surface area contributed by atoms with E-state index in [0.29, 0.717) is 30.1 Å². The number of rotatable bonds is 7. The fourth-order valence-electron chi connectivity index (χ4n) is 2.55. The molecule has 0 fully saturated rings. The average Bonchev–Trinajstić information content (AvgIpc) is 3.18. The third-order valence-electron chi connectivity index (χ3n) is 3.90.